The van der Waals surface area contributed by atoms with E-state index in [1.54, 1.807) is 30.3 Å². The van der Waals surface area contributed by atoms with Crippen LogP contribution in [-0.2, 0) is 6.54 Å². The maximum atomic E-state index is 13.1. The summed E-state index contributed by atoms with van der Waals surface area (Å²) in [7, 11) is 3.80. The van der Waals surface area contributed by atoms with Crippen LogP contribution in [0.3, 0.4) is 0 Å². The molecule has 7 heteroatoms. The Hall–Kier alpha value is -3.71. The molecule has 0 fully saturated rings. The molecule has 0 saturated carbocycles. The standard InChI is InChI=1S/C23H23FN4O2/c1-28(2)20-5-3-4-16(12-20)23(30)26-19-11-8-17(14-25)21(13-19)27-22(29)15-6-9-18(24)10-7-15/h3-13H,14,25H2,1-2H3,(H,26,30)(H,27,29). The van der Waals surface area contributed by atoms with Crippen molar-refractivity contribution < 1.29 is 14.0 Å². The van der Waals surface area contributed by atoms with Crippen LogP contribution in [0.1, 0.15) is 26.3 Å². The number of carbonyl (C=O) groups excluding carboxylic acids is 2. The number of hydrogen-bond donors (Lipinski definition) is 3. The number of amides is 2. The van der Waals surface area contributed by atoms with Crippen molar-refractivity contribution in [1.29, 1.82) is 0 Å². The van der Waals surface area contributed by atoms with Gasteiger partial charge in [-0.1, -0.05) is 12.1 Å². The van der Waals surface area contributed by atoms with E-state index in [0.29, 0.717) is 28.1 Å². The van der Waals surface area contributed by atoms with Crippen molar-refractivity contribution >= 4 is 28.9 Å². The largest absolute Gasteiger partial charge is 0.378 e. The Bertz CT molecular complexity index is 1070. The molecule has 154 valence electrons. The highest BCUT2D eigenvalue weighted by Crippen LogP contribution is 2.23. The topological polar surface area (TPSA) is 87.5 Å². The van der Waals surface area contributed by atoms with Crippen molar-refractivity contribution in [2.24, 2.45) is 5.73 Å². The summed E-state index contributed by atoms with van der Waals surface area (Å²) in [5.41, 5.74) is 9.22. The first-order chi connectivity index (χ1) is 14.4. The smallest absolute Gasteiger partial charge is 0.255 e. The average Bonchev–Trinajstić information content (AvgIpc) is 2.74. The molecular weight excluding hydrogens is 383 g/mol. The third kappa shape index (κ3) is 5.01. The van der Waals surface area contributed by atoms with Crippen LogP contribution in [-0.4, -0.2) is 25.9 Å². The highest BCUT2D eigenvalue weighted by molar-refractivity contribution is 6.07. The van der Waals surface area contributed by atoms with E-state index < -0.39 is 11.7 Å². The second-order valence-electron chi connectivity index (χ2n) is 6.94. The Kier molecular flexibility index (Phi) is 6.44. The van der Waals surface area contributed by atoms with E-state index in [0.717, 1.165) is 5.69 Å². The molecule has 2 amide bonds. The van der Waals surface area contributed by atoms with Crippen LogP contribution in [0.15, 0.2) is 66.7 Å². The van der Waals surface area contributed by atoms with Gasteiger partial charge in [0.2, 0.25) is 0 Å². The average molecular weight is 406 g/mol. The number of rotatable bonds is 6. The monoisotopic (exact) mass is 406 g/mol. The minimum Gasteiger partial charge on any atom is -0.378 e. The molecule has 3 aromatic rings. The van der Waals surface area contributed by atoms with Crippen molar-refractivity contribution in [3.8, 4) is 0 Å². The number of nitrogens with two attached hydrogens (primary N) is 1. The third-order valence-electron chi connectivity index (χ3n) is 4.57. The zero-order valence-corrected chi connectivity index (χ0v) is 16.8. The van der Waals surface area contributed by atoms with Crippen LogP contribution >= 0.6 is 0 Å². The fourth-order valence-corrected chi connectivity index (χ4v) is 2.87. The zero-order valence-electron chi connectivity index (χ0n) is 16.8. The van der Waals surface area contributed by atoms with Crippen LogP contribution in [0.4, 0.5) is 21.5 Å². The molecule has 0 saturated heterocycles. The number of anilines is 3. The Morgan fingerprint density at radius 2 is 1.60 bits per heavy atom. The van der Waals surface area contributed by atoms with Gasteiger partial charge in [0.05, 0.1) is 0 Å². The number of nitrogens with one attached hydrogen (secondary N) is 2. The van der Waals surface area contributed by atoms with Gasteiger partial charge in [0.15, 0.2) is 0 Å². The lowest BCUT2D eigenvalue weighted by molar-refractivity contribution is 0.101. The van der Waals surface area contributed by atoms with Gasteiger partial charge in [-0.15, -0.1) is 0 Å². The zero-order chi connectivity index (χ0) is 21.7. The van der Waals surface area contributed by atoms with Gasteiger partial charge in [-0.05, 0) is 60.2 Å². The van der Waals surface area contributed by atoms with Gasteiger partial charge in [-0.2, -0.15) is 0 Å². The maximum Gasteiger partial charge on any atom is 0.255 e. The summed E-state index contributed by atoms with van der Waals surface area (Å²) < 4.78 is 13.1. The van der Waals surface area contributed by atoms with Crippen LogP contribution in [0.5, 0.6) is 0 Å². The lowest BCUT2D eigenvalue weighted by atomic mass is 10.1. The maximum absolute atomic E-state index is 13.1. The minimum absolute atomic E-state index is 0.206. The molecule has 0 spiro atoms. The lowest BCUT2D eigenvalue weighted by Gasteiger charge is -2.15. The van der Waals surface area contributed by atoms with Gasteiger partial charge in [0.1, 0.15) is 5.82 Å². The molecule has 4 N–H and O–H groups in total. The van der Waals surface area contributed by atoms with E-state index in [1.807, 2.05) is 31.1 Å². The summed E-state index contributed by atoms with van der Waals surface area (Å²) in [5, 5.41) is 5.61. The second kappa shape index (κ2) is 9.19. The molecule has 0 unspecified atom stereocenters. The molecule has 0 aromatic heterocycles. The summed E-state index contributed by atoms with van der Waals surface area (Å²) in [5.74, 6) is -1.08. The Labute approximate surface area is 174 Å². The van der Waals surface area contributed by atoms with Gasteiger partial charge in [0.25, 0.3) is 11.8 Å². The van der Waals surface area contributed by atoms with Crippen molar-refractivity contribution in [2.75, 3.05) is 29.6 Å². The molecule has 30 heavy (non-hydrogen) atoms. The third-order valence-corrected chi connectivity index (χ3v) is 4.57. The Morgan fingerprint density at radius 1 is 0.900 bits per heavy atom. The van der Waals surface area contributed by atoms with Crippen LogP contribution < -0.4 is 21.3 Å². The van der Waals surface area contributed by atoms with Crippen LogP contribution in [0.2, 0.25) is 0 Å². The first-order valence-electron chi connectivity index (χ1n) is 9.36. The fourth-order valence-electron chi connectivity index (χ4n) is 2.87. The SMILES string of the molecule is CN(C)c1cccc(C(=O)Nc2ccc(CN)c(NC(=O)c3ccc(F)cc3)c2)c1. The van der Waals surface area contributed by atoms with Crippen molar-refractivity contribution in [2.45, 2.75) is 6.54 Å². The lowest BCUT2D eigenvalue weighted by Crippen LogP contribution is -2.16. The summed E-state index contributed by atoms with van der Waals surface area (Å²) in [6, 6.07) is 17.6. The van der Waals surface area contributed by atoms with Crippen molar-refractivity contribution in [3.63, 3.8) is 0 Å². The normalized spacial score (nSPS) is 10.4. The van der Waals surface area contributed by atoms with Gasteiger partial charge >= 0.3 is 0 Å². The number of nitrogens with zero attached hydrogens (tertiary/aromatic N) is 1. The number of benzene rings is 3. The number of carbonyl (C=O) groups is 2. The van der Waals surface area contributed by atoms with Crippen LogP contribution in [0, 0.1) is 5.82 Å². The number of hydrogen-bond acceptors (Lipinski definition) is 4. The highest BCUT2D eigenvalue weighted by atomic mass is 19.1. The quantitative estimate of drug-likeness (QED) is 0.580. The molecule has 0 bridgehead atoms. The van der Waals surface area contributed by atoms with Crippen molar-refractivity contribution in [1.82, 2.24) is 0 Å². The predicted octanol–water partition coefficient (Wildman–Crippen LogP) is 3.86. The summed E-state index contributed by atoms with van der Waals surface area (Å²) in [6.07, 6.45) is 0. The summed E-state index contributed by atoms with van der Waals surface area (Å²) >= 11 is 0. The van der Waals surface area contributed by atoms with Crippen molar-refractivity contribution in [3.05, 3.63) is 89.2 Å². The molecule has 0 heterocycles. The molecule has 6 nitrogen and oxygen atoms in total. The van der Waals surface area contributed by atoms with E-state index in [1.165, 1.54) is 24.3 Å². The van der Waals surface area contributed by atoms with E-state index in [4.69, 9.17) is 5.73 Å². The molecule has 0 aliphatic heterocycles. The Morgan fingerprint density at radius 3 is 2.27 bits per heavy atom. The van der Waals surface area contributed by atoms with Gasteiger partial charge in [0, 0.05) is 48.8 Å². The molecule has 0 atom stereocenters. The second-order valence-corrected chi connectivity index (χ2v) is 6.94. The minimum atomic E-state index is -0.419. The first kappa shape index (κ1) is 21.0. The number of halogens is 1. The fraction of sp³-hybridized carbons (Fsp3) is 0.130. The first-order valence-corrected chi connectivity index (χ1v) is 9.36. The summed E-state index contributed by atoms with van der Waals surface area (Å²) in [6.45, 7) is 0.206. The molecule has 0 radical (unpaired) electrons. The van der Waals surface area contributed by atoms with Crippen LogP contribution in [0.25, 0.3) is 0 Å². The van der Waals surface area contributed by atoms with E-state index in [-0.39, 0.29) is 12.5 Å². The molecule has 3 aromatic carbocycles. The molecular formula is C23H23FN4O2. The predicted molar refractivity (Wildman–Crippen MR) is 117 cm³/mol. The molecule has 0 aliphatic carbocycles. The van der Waals surface area contributed by atoms with E-state index >= 15 is 0 Å². The molecule has 3 rings (SSSR count). The van der Waals surface area contributed by atoms with E-state index in [9.17, 15) is 14.0 Å². The molecule has 0 aliphatic rings. The van der Waals surface area contributed by atoms with Gasteiger partial charge in [-0.25, -0.2) is 4.39 Å². The van der Waals surface area contributed by atoms with Gasteiger partial charge in [-0.3, -0.25) is 9.59 Å². The highest BCUT2D eigenvalue weighted by Gasteiger charge is 2.12. The van der Waals surface area contributed by atoms with E-state index in [2.05, 4.69) is 10.6 Å². The summed E-state index contributed by atoms with van der Waals surface area (Å²) in [4.78, 5) is 27.0. The Balaban J connectivity index is 1.80. The van der Waals surface area contributed by atoms with Gasteiger partial charge < -0.3 is 21.3 Å².